The lowest BCUT2D eigenvalue weighted by Crippen LogP contribution is -2.17. The fraction of sp³-hybridized carbons (Fsp3) is 0.533. The maximum absolute atomic E-state index is 8.73. The van der Waals surface area contributed by atoms with Crippen molar-refractivity contribution in [1.82, 2.24) is 5.32 Å². The van der Waals surface area contributed by atoms with E-state index in [0.29, 0.717) is 11.3 Å². The zero-order valence-corrected chi connectivity index (χ0v) is 13.6. The van der Waals surface area contributed by atoms with Crippen LogP contribution in [-0.2, 0) is 6.54 Å². The Bertz CT molecular complexity index is 453. The van der Waals surface area contributed by atoms with Gasteiger partial charge in [-0.05, 0) is 49.1 Å². The highest BCUT2D eigenvalue weighted by atomic mass is 32.2. The van der Waals surface area contributed by atoms with Crippen molar-refractivity contribution in [3.63, 3.8) is 0 Å². The summed E-state index contributed by atoms with van der Waals surface area (Å²) in [5.74, 6) is 1.91. The highest BCUT2D eigenvalue weighted by Gasteiger charge is 2.08. The molecular formula is C15H25N3O2S. The predicted molar refractivity (Wildman–Crippen MR) is 89.4 cm³/mol. The van der Waals surface area contributed by atoms with Gasteiger partial charge in [-0.25, -0.2) is 0 Å². The van der Waals surface area contributed by atoms with E-state index in [0.717, 1.165) is 18.7 Å². The Morgan fingerprint density at radius 1 is 1.38 bits per heavy atom. The number of unbranched alkanes of at least 4 members (excludes halogenated alkanes) is 2. The van der Waals surface area contributed by atoms with E-state index in [1.54, 1.807) is 7.11 Å². The molecule has 0 saturated heterocycles. The van der Waals surface area contributed by atoms with Crippen LogP contribution in [0.5, 0.6) is 5.75 Å². The summed E-state index contributed by atoms with van der Waals surface area (Å²) in [6, 6.07) is 5.67. The topological polar surface area (TPSA) is 79.9 Å². The lowest BCUT2D eigenvalue weighted by molar-refractivity contribution is 0.318. The van der Waals surface area contributed by atoms with Crippen molar-refractivity contribution in [1.29, 1.82) is 0 Å². The van der Waals surface area contributed by atoms with Crippen LogP contribution in [0.4, 0.5) is 0 Å². The highest BCUT2D eigenvalue weighted by molar-refractivity contribution is 7.98. The minimum absolute atomic E-state index is 0.0557. The molecule has 0 saturated carbocycles. The quantitative estimate of drug-likeness (QED) is 0.203. The van der Waals surface area contributed by atoms with Gasteiger partial charge in [0.05, 0.1) is 12.7 Å². The number of benzene rings is 1. The minimum Gasteiger partial charge on any atom is -0.496 e. The lowest BCUT2D eigenvalue weighted by Gasteiger charge is -2.10. The summed E-state index contributed by atoms with van der Waals surface area (Å²) in [7, 11) is 1.58. The first-order valence-corrected chi connectivity index (χ1v) is 8.46. The summed E-state index contributed by atoms with van der Waals surface area (Å²) in [6.45, 7) is 1.80. The molecule has 5 nitrogen and oxygen atoms in total. The molecular weight excluding hydrogens is 286 g/mol. The number of oxime groups is 1. The van der Waals surface area contributed by atoms with Crippen LogP contribution >= 0.6 is 11.8 Å². The van der Waals surface area contributed by atoms with Gasteiger partial charge in [-0.15, -0.1) is 0 Å². The molecule has 4 N–H and O–H groups in total. The van der Waals surface area contributed by atoms with E-state index in [-0.39, 0.29) is 5.84 Å². The van der Waals surface area contributed by atoms with Crippen LogP contribution in [0, 0.1) is 0 Å². The average molecular weight is 311 g/mol. The molecule has 0 aromatic heterocycles. The van der Waals surface area contributed by atoms with Gasteiger partial charge in [-0.3, -0.25) is 0 Å². The molecule has 0 atom stereocenters. The number of nitrogens with two attached hydrogens (primary N) is 1. The summed E-state index contributed by atoms with van der Waals surface area (Å²) in [5, 5.41) is 15.2. The number of hydrogen-bond donors (Lipinski definition) is 3. The van der Waals surface area contributed by atoms with E-state index in [1.165, 1.54) is 25.0 Å². The number of amidine groups is 1. The molecule has 0 bridgehead atoms. The van der Waals surface area contributed by atoms with Crippen molar-refractivity contribution in [2.45, 2.75) is 25.8 Å². The van der Waals surface area contributed by atoms with Gasteiger partial charge in [0, 0.05) is 6.54 Å². The van der Waals surface area contributed by atoms with Crippen molar-refractivity contribution in [2.24, 2.45) is 10.9 Å². The molecule has 0 aliphatic heterocycles. The van der Waals surface area contributed by atoms with E-state index in [4.69, 9.17) is 15.7 Å². The van der Waals surface area contributed by atoms with E-state index in [1.807, 2.05) is 30.0 Å². The normalized spacial score (nSPS) is 11.6. The van der Waals surface area contributed by atoms with Crippen molar-refractivity contribution < 1.29 is 9.94 Å². The first-order valence-electron chi connectivity index (χ1n) is 7.07. The zero-order chi connectivity index (χ0) is 15.5. The summed E-state index contributed by atoms with van der Waals surface area (Å²) in [4.78, 5) is 0. The Kier molecular flexibility index (Phi) is 8.69. The van der Waals surface area contributed by atoms with Crippen molar-refractivity contribution >= 4 is 17.6 Å². The fourth-order valence-electron chi connectivity index (χ4n) is 2.02. The van der Waals surface area contributed by atoms with Crippen molar-refractivity contribution in [3.05, 3.63) is 29.3 Å². The molecule has 0 amide bonds. The number of hydrogen-bond acceptors (Lipinski definition) is 5. The standard InChI is InChI=1S/C15H25N3O2S/c1-20-14-10-12(6-7-13(14)15(16)18-19)11-17-8-4-3-5-9-21-2/h6-7,10,17,19H,3-5,8-9,11H2,1-2H3,(H2,16,18). The van der Waals surface area contributed by atoms with Crippen LogP contribution in [0.2, 0.25) is 0 Å². The number of nitrogens with zero attached hydrogens (tertiary/aromatic N) is 1. The van der Waals surface area contributed by atoms with Crippen LogP contribution in [0.3, 0.4) is 0 Å². The Labute approximate surface area is 130 Å². The predicted octanol–water partition coefficient (Wildman–Crippen LogP) is 2.41. The van der Waals surface area contributed by atoms with E-state index >= 15 is 0 Å². The molecule has 118 valence electrons. The van der Waals surface area contributed by atoms with Gasteiger partial charge < -0.3 is 21.0 Å². The highest BCUT2D eigenvalue weighted by Crippen LogP contribution is 2.20. The lowest BCUT2D eigenvalue weighted by atomic mass is 10.1. The molecule has 0 radical (unpaired) electrons. The summed E-state index contributed by atoms with van der Waals surface area (Å²) < 4.78 is 5.28. The van der Waals surface area contributed by atoms with Crippen LogP contribution in [0.1, 0.15) is 30.4 Å². The minimum atomic E-state index is 0.0557. The Hall–Kier alpha value is -1.40. The molecule has 1 rings (SSSR count). The monoisotopic (exact) mass is 311 g/mol. The van der Waals surface area contributed by atoms with Crippen molar-refractivity contribution in [3.8, 4) is 5.75 Å². The SMILES string of the molecule is COc1cc(CNCCCCCSC)ccc1/C(N)=N/O. The van der Waals surface area contributed by atoms with Gasteiger partial charge in [-0.1, -0.05) is 17.6 Å². The maximum Gasteiger partial charge on any atom is 0.173 e. The molecule has 1 aromatic rings. The first kappa shape index (κ1) is 17.7. The summed E-state index contributed by atoms with van der Waals surface area (Å²) in [5.41, 5.74) is 7.32. The third-order valence-corrected chi connectivity index (χ3v) is 3.88. The Balaban J connectivity index is 2.42. The number of methoxy groups -OCH3 is 1. The van der Waals surface area contributed by atoms with Gasteiger partial charge in [0.15, 0.2) is 5.84 Å². The molecule has 0 fully saturated rings. The number of thioether (sulfide) groups is 1. The summed E-state index contributed by atoms with van der Waals surface area (Å²) in [6.07, 6.45) is 5.88. The molecule has 1 aromatic carbocycles. The largest absolute Gasteiger partial charge is 0.496 e. The van der Waals surface area contributed by atoms with Crippen LogP contribution < -0.4 is 15.8 Å². The number of rotatable bonds is 10. The third kappa shape index (κ3) is 6.27. The first-order chi connectivity index (χ1) is 10.2. The smallest absolute Gasteiger partial charge is 0.173 e. The number of nitrogens with one attached hydrogen (secondary N) is 1. The molecule has 6 heteroatoms. The molecule has 0 aliphatic rings. The fourth-order valence-corrected chi connectivity index (χ4v) is 2.51. The van der Waals surface area contributed by atoms with Crippen LogP contribution in [-0.4, -0.2) is 36.7 Å². The van der Waals surface area contributed by atoms with E-state index in [9.17, 15) is 0 Å². The second-order valence-electron chi connectivity index (χ2n) is 4.75. The van der Waals surface area contributed by atoms with Crippen LogP contribution in [0.25, 0.3) is 0 Å². The van der Waals surface area contributed by atoms with Gasteiger partial charge in [0.25, 0.3) is 0 Å². The van der Waals surface area contributed by atoms with E-state index in [2.05, 4.69) is 16.7 Å². The number of ether oxygens (including phenoxy) is 1. The molecule has 21 heavy (non-hydrogen) atoms. The second kappa shape index (κ2) is 10.3. The molecule has 0 heterocycles. The molecule has 0 spiro atoms. The second-order valence-corrected chi connectivity index (χ2v) is 5.74. The Morgan fingerprint density at radius 3 is 2.86 bits per heavy atom. The van der Waals surface area contributed by atoms with E-state index < -0.39 is 0 Å². The van der Waals surface area contributed by atoms with Gasteiger partial charge in [0.1, 0.15) is 5.75 Å². The third-order valence-electron chi connectivity index (χ3n) is 3.18. The maximum atomic E-state index is 8.73. The van der Waals surface area contributed by atoms with Gasteiger partial charge in [-0.2, -0.15) is 11.8 Å². The average Bonchev–Trinajstić information content (AvgIpc) is 2.53. The van der Waals surface area contributed by atoms with Gasteiger partial charge >= 0.3 is 0 Å². The zero-order valence-electron chi connectivity index (χ0n) is 12.8. The van der Waals surface area contributed by atoms with Gasteiger partial charge in [0.2, 0.25) is 0 Å². The molecule has 0 unspecified atom stereocenters. The Morgan fingerprint density at radius 2 is 2.19 bits per heavy atom. The van der Waals surface area contributed by atoms with Crippen LogP contribution in [0.15, 0.2) is 23.4 Å². The van der Waals surface area contributed by atoms with Crippen molar-refractivity contribution in [2.75, 3.05) is 25.7 Å². The molecule has 0 aliphatic carbocycles. The summed E-state index contributed by atoms with van der Waals surface area (Å²) >= 11 is 1.90.